The van der Waals surface area contributed by atoms with E-state index in [-0.39, 0.29) is 11.7 Å². The Bertz CT molecular complexity index is 1210. The number of likely N-dealkylation sites (tertiary alicyclic amines) is 1. The summed E-state index contributed by atoms with van der Waals surface area (Å²) in [5.41, 5.74) is 0.0594. The molecule has 6 heteroatoms. The van der Waals surface area contributed by atoms with Gasteiger partial charge in [0.1, 0.15) is 22.8 Å². The van der Waals surface area contributed by atoms with Crippen LogP contribution in [0.3, 0.4) is 0 Å². The molecular formula is C28H29NO5. The first-order chi connectivity index (χ1) is 16.5. The molecule has 3 aromatic rings. The highest BCUT2D eigenvalue weighted by molar-refractivity contribution is 6.00. The first-order valence-electron chi connectivity index (χ1n) is 11.8. The molecule has 2 aliphatic rings. The third-order valence-corrected chi connectivity index (χ3v) is 6.85. The molecule has 1 saturated heterocycles. The number of rotatable bonds is 6. The highest BCUT2D eigenvalue weighted by Gasteiger charge is 2.43. The van der Waals surface area contributed by atoms with Crippen LogP contribution in [0.25, 0.3) is 10.8 Å². The maximum Gasteiger partial charge on any atom is 0.222 e. The smallest absolute Gasteiger partial charge is 0.222 e. The van der Waals surface area contributed by atoms with Gasteiger partial charge in [0, 0.05) is 32.4 Å². The Kier molecular flexibility index (Phi) is 6.14. The third-order valence-electron chi connectivity index (χ3n) is 6.85. The van der Waals surface area contributed by atoms with Crippen molar-refractivity contribution in [2.45, 2.75) is 37.7 Å². The van der Waals surface area contributed by atoms with E-state index < -0.39 is 5.60 Å². The largest absolute Gasteiger partial charge is 0.497 e. The summed E-state index contributed by atoms with van der Waals surface area (Å²) in [5, 5.41) is 2.32. The Hall–Kier alpha value is -3.54. The van der Waals surface area contributed by atoms with Gasteiger partial charge < -0.3 is 19.1 Å². The lowest BCUT2D eigenvalue weighted by atomic mass is 9.82. The zero-order valence-corrected chi connectivity index (χ0v) is 19.4. The van der Waals surface area contributed by atoms with E-state index in [0.29, 0.717) is 68.9 Å². The number of methoxy groups -OCH3 is 1. The van der Waals surface area contributed by atoms with Crippen LogP contribution in [0, 0.1) is 0 Å². The Morgan fingerprint density at radius 3 is 2.56 bits per heavy atom. The van der Waals surface area contributed by atoms with Crippen LogP contribution in [0.2, 0.25) is 0 Å². The normalized spacial score (nSPS) is 16.7. The molecule has 0 aromatic heterocycles. The van der Waals surface area contributed by atoms with Crippen LogP contribution < -0.4 is 14.2 Å². The Morgan fingerprint density at radius 2 is 1.76 bits per heavy atom. The Balaban J connectivity index is 1.10. The molecule has 0 unspecified atom stereocenters. The number of piperidine rings is 1. The average molecular weight is 460 g/mol. The minimum Gasteiger partial charge on any atom is -0.497 e. The van der Waals surface area contributed by atoms with Crippen molar-refractivity contribution in [1.82, 2.24) is 4.90 Å². The predicted molar refractivity (Wildman–Crippen MR) is 130 cm³/mol. The molecule has 1 amide bonds. The van der Waals surface area contributed by atoms with Crippen LogP contribution in [0.4, 0.5) is 0 Å². The molecule has 2 heterocycles. The Labute approximate surface area is 199 Å². The molecule has 176 valence electrons. The highest BCUT2D eigenvalue weighted by atomic mass is 16.5. The lowest BCUT2D eigenvalue weighted by Gasteiger charge is -2.44. The molecular weight excluding hydrogens is 430 g/mol. The van der Waals surface area contributed by atoms with Gasteiger partial charge in [0.05, 0.1) is 25.7 Å². The minimum absolute atomic E-state index is 0.0748. The predicted octanol–water partition coefficient (Wildman–Crippen LogP) is 5.03. The fraction of sp³-hybridized carbons (Fsp3) is 0.357. The maximum atomic E-state index is 12.8. The standard InChI is InChI=1S/C28H29NO5/c1-32-22-10-11-26-24(18-22)25(30)19-28(34-26)12-14-29(15-13-28)27(31)7-4-16-33-23-9-8-20-5-2-3-6-21(20)17-23/h2-3,5-6,8-11,17-18H,4,7,12-16,19H2,1H3. The summed E-state index contributed by atoms with van der Waals surface area (Å²) < 4.78 is 17.4. The highest BCUT2D eigenvalue weighted by Crippen LogP contribution is 2.40. The van der Waals surface area contributed by atoms with Crippen LogP contribution >= 0.6 is 0 Å². The van der Waals surface area contributed by atoms with Crippen molar-refractivity contribution in [1.29, 1.82) is 0 Å². The molecule has 6 nitrogen and oxygen atoms in total. The van der Waals surface area contributed by atoms with Crippen molar-refractivity contribution in [2.24, 2.45) is 0 Å². The van der Waals surface area contributed by atoms with Gasteiger partial charge in [-0.1, -0.05) is 30.3 Å². The quantitative estimate of drug-likeness (QED) is 0.484. The molecule has 0 atom stereocenters. The molecule has 0 bridgehead atoms. The van der Waals surface area contributed by atoms with E-state index in [1.807, 2.05) is 41.3 Å². The first-order valence-corrected chi connectivity index (χ1v) is 11.8. The van der Waals surface area contributed by atoms with Crippen LogP contribution in [-0.4, -0.2) is 49.0 Å². The Morgan fingerprint density at radius 1 is 1.00 bits per heavy atom. The van der Waals surface area contributed by atoms with Crippen molar-refractivity contribution < 1.29 is 23.8 Å². The molecule has 5 rings (SSSR count). The fourth-order valence-corrected chi connectivity index (χ4v) is 4.87. The second kappa shape index (κ2) is 9.37. The van der Waals surface area contributed by atoms with Crippen molar-refractivity contribution in [2.75, 3.05) is 26.8 Å². The van der Waals surface area contributed by atoms with Gasteiger partial charge in [-0.15, -0.1) is 0 Å². The molecule has 3 aromatic carbocycles. The van der Waals surface area contributed by atoms with Crippen molar-refractivity contribution in [3.63, 3.8) is 0 Å². The molecule has 0 saturated carbocycles. The van der Waals surface area contributed by atoms with E-state index in [2.05, 4.69) is 12.1 Å². The summed E-state index contributed by atoms with van der Waals surface area (Å²) in [7, 11) is 1.58. The topological polar surface area (TPSA) is 65.1 Å². The minimum atomic E-state index is -0.519. The van der Waals surface area contributed by atoms with Gasteiger partial charge in [-0.25, -0.2) is 0 Å². The van der Waals surface area contributed by atoms with Crippen LogP contribution in [0.1, 0.15) is 42.5 Å². The SMILES string of the molecule is COc1ccc2c(c1)C(=O)CC1(CCN(C(=O)CCCOc3ccc4ccccc4c3)CC1)O2. The number of nitrogens with zero attached hydrogens (tertiary/aromatic N) is 1. The summed E-state index contributed by atoms with van der Waals surface area (Å²) in [5.74, 6) is 2.29. The molecule has 0 radical (unpaired) electrons. The lowest BCUT2D eigenvalue weighted by Crippen LogP contribution is -2.52. The van der Waals surface area contributed by atoms with Crippen molar-refractivity contribution in [3.8, 4) is 17.2 Å². The van der Waals surface area contributed by atoms with Crippen LogP contribution in [0.5, 0.6) is 17.2 Å². The summed E-state index contributed by atoms with van der Waals surface area (Å²) >= 11 is 0. The number of carbonyl (C=O) groups excluding carboxylic acids is 2. The number of ether oxygens (including phenoxy) is 3. The fourth-order valence-electron chi connectivity index (χ4n) is 4.87. The summed E-state index contributed by atoms with van der Waals surface area (Å²) in [6, 6.07) is 19.6. The van der Waals surface area contributed by atoms with E-state index in [4.69, 9.17) is 14.2 Å². The number of fused-ring (bicyclic) bond motifs is 2. The second-order valence-corrected chi connectivity index (χ2v) is 9.09. The number of hydrogen-bond acceptors (Lipinski definition) is 5. The zero-order valence-electron chi connectivity index (χ0n) is 19.4. The monoisotopic (exact) mass is 459 g/mol. The van der Waals surface area contributed by atoms with E-state index in [1.165, 1.54) is 5.39 Å². The molecule has 2 aliphatic heterocycles. The number of amides is 1. The summed E-state index contributed by atoms with van der Waals surface area (Å²) in [4.78, 5) is 27.4. The van der Waals surface area contributed by atoms with Gasteiger partial charge in [0.25, 0.3) is 0 Å². The van der Waals surface area contributed by atoms with E-state index >= 15 is 0 Å². The van der Waals surface area contributed by atoms with E-state index in [1.54, 1.807) is 19.2 Å². The number of carbonyl (C=O) groups is 2. The molecule has 0 aliphatic carbocycles. The van der Waals surface area contributed by atoms with Gasteiger partial charge >= 0.3 is 0 Å². The van der Waals surface area contributed by atoms with Gasteiger partial charge in [0.15, 0.2) is 5.78 Å². The van der Waals surface area contributed by atoms with Gasteiger partial charge in [-0.2, -0.15) is 0 Å². The van der Waals surface area contributed by atoms with E-state index in [0.717, 1.165) is 11.1 Å². The molecule has 1 fully saturated rings. The number of benzene rings is 3. The average Bonchev–Trinajstić information content (AvgIpc) is 2.86. The van der Waals surface area contributed by atoms with Crippen molar-refractivity contribution in [3.05, 3.63) is 66.2 Å². The maximum absolute atomic E-state index is 12.8. The number of ketones is 1. The molecule has 1 spiro atoms. The molecule has 34 heavy (non-hydrogen) atoms. The zero-order chi connectivity index (χ0) is 23.5. The van der Waals surface area contributed by atoms with Gasteiger partial charge in [-0.3, -0.25) is 9.59 Å². The third kappa shape index (κ3) is 4.58. The van der Waals surface area contributed by atoms with Crippen molar-refractivity contribution >= 4 is 22.5 Å². The second-order valence-electron chi connectivity index (χ2n) is 9.09. The first kappa shape index (κ1) is 22.3. The van der Waals surface area contributed by atoms with Gasteiger partial charge in [-0.05, 0) is 47.5 Å². The molecule has 0 N–H and O–H groups in total. The van der Waals surface area contributed by atoms with Gasteiger partial charge in [0.2, 0.25) is 5.91 Å². The summed E-state index contributed by atoms with van der Waals surface area (Å²) in [6.07, 6.45) is 2.77. The van der Waals surface area contributed by atoms with E-state index in [9.17, 15) is 9.59 Å². The number of Topliss-reactive ketones (excluding diaryl/α,β-unsaturated/α-hetero) is 1. The number of hydrogen-bond donors (Lipinski definition) is 0. The van der Waals surface area contributed by atoms with Crippen LogP contribution in [0.15, 0.2) is 60.7 Å². The van der Waals surface area contributed by atoms with Crippen LogP contribution in [-0.2, 0) is 4.79 Å². The summed E-state index contributed by atoms with van der Waals surface area (Å²) in [6.45, 7) is 1.70. The lowest BCUT2D eigenvalue weighted by molar-refractivity contribution is -0.135.